The number of likely N-dealkylation sites (tertiary alicyclic amines) is 1. The topological polar surface area (TPSA) is 51.7 Å². The van der Waals surface area contributed by atoms with Gasteiger partial charge in [0.25, 0.3) is 0 Å². The summed E-state index contributed by atoms with van der Waals surface area (Å²) in [5.74, 6) is 1.83. The molecule has 1 saturated heterocycles. The first-order valence-corrected chi connectivity index (χ1v) is 10.3. The Kier molecular flexibility index (Phi) is 4.49. The summed E-state index contributed by atoms with van der Waals surface area (Å²) in [4.78, 5) is 19.4. The number of carbonyl (C=O) groups excluding carboxylic acids is 1. The van der Waals surface area contributed by atoms with Gasteiger partial charge in [-0.1, -0.05) is 18.2 Å². The fourth-order valence-corrected chi connectivity index (χ4v) is 4.83. The van der Waals surface area contributed by atoms with Crippen LogP contribution in [-0.2, 0) is 4.79 Å². The average Bonchev–Trinajstić information content (AvgIpc) is 3.38. The lowest BCUT2D eigenvalue weighted by Crippen LogP contribution is -2.38. The fourth-order valence-electron chi connectivity index (χ4n) is 3.73. The Labute approximate surface area is 167 Å². The first kappa shape index (κ1) is 17.3. The number of thiazole rings is 1. The van der Waals surface area contributed by atoms with Crippen molar-refractivity contribution in [3.63, 3.8) is 0 Å². The molecular formula is C22H20N2O3S. The Morgan fingerprint density at radius 2 is 2.07 bits per heavy atom. The van der Waals surface area contributed by atoms with E-state index in [0.29, 0.717) is 5.92 Å². The fraction of sp³-hybridized carbons (Fsp3) is 0.273. The number of carbonyl (C=O) groups is 1. The highest BCUT2D eigenvalue weighted by Gasteiger charge is 2.26. The molecule has 0 N–H and O–H groups in total. The molecule has 0 radical (unpaired) electrons. The Morgan fingerprint density at radius 3 is 3.00 bits per heavy atom. The Bertz CT molecular complexity index is 1030. The van der Waals surface area contributed by atoms with Gasteiger partial charge in [0.15, 0.2) is 11.5 Å². The molecule has 1 unspecified atom stereocenters. The molecule has 1 atom stereocenters. The van der Waals surface area contributed by atoms with Crippen LogP contribution in [0.15, 0.2) is 48.5 Å². The number of hydrogen-bond donors (Lipinski definition) is 0. The van der Waals surface area contributed by atoms with Gasteiger partial charge in [0.05, 0.1) is 15.2 Å². The van der Waals surface area contributed by atoms with E-state index in [2.05, 4.69) is 12.1 Å². The average molecular weight is 392 g/mol. The van der Waals surface area contributed by atoms with Crippen molar-refractivity contribution in [2.75, 3.05) is 19.9 Å². The molecule has 2 aromatic carbocycles. The van der Waals surface area contributed by atoms with E-state index in [9.17, 15) is 4.79 Å². The molecule has 2 aliphatic heterocycles. The van der Waals surface area contributed by atoms with Crippen molar-refractivity contribution in [3.05, 3.63) is 59.1 Å². The predicted octanol–water partition coefficient (Wildman–Crippen LogP) is 4.44. The van der Waals surface area contributed by atoms with Crippen LogP contribution in [-0.4, -0.2) is 35.7 Å². The number of para-hydroxylation sites is 1. The zero-order valence-electron chi connectivity index (χ0n) is 15.3. The van der Waals surface area contributed by atoms with Gasteiger partial charge >= 0.3 is 0 Å². The molecule has 0 bridgehead atoms. The van der Waals surface area contributed by atoms with Gasteiger partial charge < -0.3 is 14.4 Å². The molecule has 1 aromatic heterocycles. The number of fused-ring (bicyclic) bond motifs is 2. The maximum Gasteiger partial charge on any atom is 0.246 e. The van der Waals surface area contributed by atoms with Gasteiger partial charge in [0.2, 0.25) is 12.7 Å². The molecule has 6 heteroatoms. The lowest BCUT2D eigenvalue weighted by atomic mass is 9.98. The minimum atomic E-state index is 0.0449. The van der Waals surface area contributed by atoms with Crippen molar-refractivity contribution >= 4 is 33.5 Å². The SMILES string of the molecule is O=C(C=Cc1ccc2c(c1)OCO2)N1CCCC(c2nc3ccccc3s2)C1. The molecule has 28 heavy (non-hydrogen) atoms. The Morgan fingerprint density at radius 1 is 1.18 bits per heavy atom. The van der Waals surface area contributed by atoms with Crippen molar-refractivity contribution in [2.24, 2.45) is 0 Å². The number of piperidine rings is 1. The summed E-state index contributed by atoms with van der Waals surface area (Å²) in [7, 11) is 0. The smallest absolute Gasteiger partial charge is 0.246 e. The van der Waals surface area contributed by atoms with Gasteiger partial charge in [-0.2, -0.15) is 0 Å². The highest BCUT2D eigenvalue weighted by atomic mass is 32.1. The van der Waals surface area contributed by atoms with Crippen LogP contribution in [0, 0.1) is 0 Å². The van der Waals surface area contributed by atoms with Gasteiger partial charge in [-0.05, 0) is 48.7 Å². The summed E-state index contributed by atoms with van der Waals surface area (Å²) in [5.41, 5.74) is 1.98. The zero-order chi connectivity index (χ0) is 18.9. The molecule has 0 spiro atoms. The molecule has 3 heterocycles. The lowest BCUT2D eigenvalue weighted by Gasteiger charge is -2.31. The third-order valence-electron chi connectivity index (χ3n) is 5.21. The van der Waals surface area contributed by atoms with Crippen LogP contribution >= 0.6 is 11.3 Å². The van der Waals surface area contributed by atoms with Crippen LogP contribution < -0.4 is 9.47 Å². The summed E-state index contributed by atoms with van der Waals surface area (Å²) in [6, 6.07) is 13.9. The first-order chi connectivity index (χ1) is 13.8. The minimum absolute atomic E-state index is 0.0449. The summed E-state index contributed by atoms with van der Waals surface area (Å²) >= 11 is 1.75. The van der Waals surface area contributed by atoms with E-state index in [1.54, 1.807) is 17.4 Å². The second kappa shape index (κ2) is 7.28. The third-order valence-corrected chi connectivity index (χ3v) is 6.41. The third kappa shape index (κ3) is 3.36. The number of rotatable bonds is 3. The highest BCUT2D eigenvalue weighted by molar-refractivity contribution is 7.18. The standard InChI is InChI=1S/C22H20N2O3S/c25-21(10-8-15-7-9-18-19(12-15)27-14-26-18)24-11-3-4-16(13-24)22-23-17-5-1-2-6-20(17)28-22/h1-2,5-10,12,16H,3-4,11,13-14H2. The summed E-state index contributed by atoms with van der Waals surface area (Å²) in [6.07, 6.45) is 5.57. The van der Waals surface area contributed by atoms with Crippen molar-refractivity contribution in [1.82, 2.24) is 9.88 Å². The normalized spacial score (nSPS) is 18.9. The largest absolute Gasteiger partial charge is 0.454 e. The van der Waals surface area contributed by atoms with Gasteiger partial charge in [0.1, 0.15) is 0 Å². The molecule has 0 saturated carbocycles. The van der Waals surface area contributed by atoms with Crippen molar-refractivity contribution < 1.29 is 14.3 Å². The monoisotopic (exact) mass is 392 g/mol. The molecule has 1 fully saturated rings. The Hall–Kier alpha value is -2.86. The molecule has 1 amide bonds. The first-order valence-electron chi connectivity index (χ1n) is 9.48. The van der Waals surface area contributed by atoms with Crippen LogP contribution in [0.25, 0.3) is 16.3 Å². The minimum Gasteiger partial charge on any atom is -0.454 e. The second-order valence-corrected chi connectivity index (χ2v) is 8.15. The number of benzene rings is 2. The summed E-state index contributed by atoms with van der Waals surface area (Å²) in [5, 5.41) is 1.14. The molecular weight excluding hydrogens is 372 g/mol. The molecule has 0 aliphatic carbocycles. The number of ether oxygens (including phenoxy) is 2. The maximum atomic E-state index is 12.7. The van der Waals surface area contributed by atoms with Gasteiger partial charge in [-0.15, -0.1) is 11.3 Å². The van der Waals surface area contributed by atoms with Crippen molar-refractivity contribution in [1.29, 1.82) is 0 Å². The lowest BCUT2D eigenvalue weighted by molar-refractivity contribution is -0.127. The number of aromatic nitrogens is 1. The van der Waals surface area contributed by atoms with Crippen LogP contribution in [0.1, 0.15) is 29.3 Å². The second-order valence-electron chi connectivity index (χ2n) is 7.09. The van der Waals surface area contributed by atoms with E-state index in [0.717, 1.165) is 53.5 Å². The van der Waals surface area contributed by atoms with Crippen molar-refractivity contribution in [2.45, 2.75) is 18.8 Å². The van der Waals surface area contributed by atoms with E-state index in [4.69, 9.17) is 14.5 Å². The van der Waals surface area contributed by atoms with Gasteiger partial charge in [-0.25, -0.2) is 4.98 Å². The molecule has 5 rings (SSSR count). The molecule has 2 aliphatic rings. The molecule has 3 aromatic rings. The van der Waals surface area contributed by atoms with Crippen LogP contribution in [0.5, 0.6) is 11.5 Å². The van der Waals surface area contributed by atoms with Gasteiger partial charge in [-0.3, -0.25) is 4.79 Å². The summed E-state index contributed by atoms with van der Waals surface area (Å²) in [6.45, 7) is 1.78. The van der Waals surface area contributed by atoms with Crippen LogP contribution in [0.3, 0.4) is 0 Å². The van der Waals surface area contributed by atoms with Crippen LogP contribution in [0.4, 0.5) is 0 Å². The Balaban J connectivity index is 1.28. The summed E-state index contributed by atoms with van der Waals surface area (Å²) < 4.78 is 11.9. The number of nitrogens with zero attached hydrogens (tertiary/aromatic N) is 2. The van der Waals surface area contributed by atoms with Crippen molar-refractivity contribution in [3.8, 4) is 11.5 Å². The number of amides is 1. The molecule has 142 valence electrons. The number of hydrogen-bond acceptors (Lipinski definition) is 5. The molecule has 5 nitrogen and oxygen atoms in total. The van der Waals surface area contributed by atoms with E-state index >= 15 is 0 Å². The van der Waals surface area contributed by atoms with Gasteiger partial charge in [0, 0.05) is 25.1 Å². The predicted molar refractivity (Wildman–Crippen MR) is 110 cm³/mol. The van der Waals surface area contributed by atoms with Crippen LogP contribution in [0.2, 0.25) is 0 Å². The van der Waals surface area contributed by atoms with E-state index in [1.807, 2.05) is 41.3 Å². The van der Waals surface area contributed by atoms with E-state index in [-0.39, 0.29) is 12.7 Å². The quantitative estimate of drug-likeness (QED) is 0.618. The van der Waals surface area contributed by atoms with E-state index < -0.39 is 0 Å². The highest BCUT2D eigenvalue weighted by Crippen LogP contribution is 2.34. The van der Waals surface area contributed by atoms with E-state index in [1.165, 1.54) is 4.70 Å². The maximum absolute atomic E-state index is 12.7. The zero-order valence-corrected chi connectivity index (χ0v) is 16.2.